The van der Waals surface area contributed by atoms with Crippen molar-refractivity contribution >= 4 is 21.6 Å². The van der Waals surface area contributed by atoms with Gasteiger partial charge in [-0.25, -0.2) is 4.98 Å². The highest BCUT2D eigenvalue weighted by molar-refractivity contribution is 7.18. The Kier molecular flexibility index (Phi) is 3.79. The smallest absolute Gasteiger partial charge is 0.0955 e. The Labute approximate surface area is 116 Å². The summed E-state index contributed by atoms with van der Waals surface area (Å²) in [5, 5.41) is 1.12. The predicted molar refractivity (Wildman–Crippen MR) is 78.0 cm³/mol. The summed E-state index contributed by atoms with van der Waals surface area (Å²) in [5.41, 5.74) is 3.98. The van der Waals surface area contributed by atoms with Gasteiger partial charge in [-0.05, 0) is 30.9 Å². The number of fused-ring (bicyclic) bond motifs is 1. The fourth-order valence-electron chi connectivity index (χ4n) is 2.58. The van der Waals surface area contributed by atoms with E-state index in [2.05, 4.69) is 22.5 Å². The summed E-state index contributed by atoms with van der Waals surface area (Å²) in [7, 11) is 1.77. The highest BCUT2D eigenvalue weighted by Gasteiger charge is 2.36. The molecule has 1 aliphatic carbocycles. The Balaban J connectivity index is 1.77. The van der Waals surface area contributed by atoms with E-state index in [1.54, 1.807) is 18.4 Å². The van der Waals surface area contributed by atoms with Gasteiger partial charge in [-0.3, -0.25) is 11.3 Å². The lowest BCUT2D eigenvalue weighted by atomic mass is 10.0. The molecule has 1 fully saturated rings. The minimum Gasteiger partial charge on any atom is -0.379 e. The molecule has 0 radical (unpaired) electrons. The topological polar surface area (TPSA) is 60.2 Å². The van der Waals surface area contributed by atoms with E-state index >= 15 is 0 Å². The number of hydrogen-bond acceptors (Lipinski definition) is 5. The van der Waals surface area contributed by atoms with Crippen LogP contribution in [0.5, 0.6) is 0 Å². The van der Waals surface area contributed by atoms with E-state index in [4.69, 9.17) is 10.6 Å². The lowest BCUT2D eigenvalue weighted by molar-refractivity contribution is 0.0511. The molecule has 5 heteroatoms. The molecular weight excluding hydrogens is 258 g/mol. The third-order valence-corrected chi connectivity index (χ3v) is 4.76. The SMILES string of the molecule is COC(C1CC1)C(Cc1nc2ccccc2s1)NN. The van der Waals surface area contributed by atoms with Crippen LogP contribution in [-0.2, 0) is 11.2 Å². The van der Waals surface area contributed by atoms with Crippen LogP contribution in [0.25, 0.3) is 10.2 Å². The molecule has 2 unspecified atom stereocenters. The van der Waals surface area contributed by atoms with E-state index in [0.717, 1.165) is 16.9 Å². The number of hydrazine groups is 1. The standard InChI is InChI=1S/C14H19N3OS/c1-18-14(9-6-7-9)11(17-15)8-13-16-10-4-2-3-5-12(10)19-13/h2-5,9,11,14,17H,6-8,15H2,1H3. The third kappa shape index (κ3) is 2.79. The number of rotatable bonds is 6. The van der Waals surface area contributed by atoms with Crippen molar-refractivity contribution in [3.8, 4) is 0 Å². The molecule has 0 amide bonds. The zero-order chi connectivity index (χ0) is 13.2. The number of hydrogen-bond donors (Lipinski definition) is 2. The second-order valence-corrected chi connectivity index (χ2v) is 6.21. The van der Waals surface area contributed by atoms with Crippen LogP contribution >= 0.6 is 11.3 Å². The summed E-state index contributed by atoms with van der Waals surface area (Å²) in [6.07, 6.45) is 3.51. The highest BCUT2D eigenvalue weighted by atomic mass is 32.1. The Morgan fingerprint density at radius 2 is 2.26 bits per heavy atom. The van der Waals surface area contributed by atoms with E-state index in [1.807, 2.05) is 12.1 Å². The van der Waals surface area contributed by atoms with E-state index in [1.165, 1.54) is 17.5 Å². The van der Waals surface area contributed by atoms with Gasteiger partial charge >= 0.3 is 0 Å². The Morgan fingerprint density at radius 1 is 1.47 bits per heavy atom. The zero-order valence-electron chi connectivity index (χ0n) is 11.0. The van der Waals surface area contributed by atoms with Crippen molar-refractivity contribution in [2.75, 3.05) is 7.11 Å². The van der Waals surface area contributed by atoms with E-state index in [-0.39, 0.29) is 12.1 Å². The number of para-hydroxylation sites is 1. The van der Waals surface area contributed by atoms with E-state index < -0.39 is 0 Å². The number of benzene rings is 1. The molecule has 0 bridgehead atoms. The molecule has 0 saturated heterocycles. The molecular formula is C14H19N3OS. The molecule has 3 rings (SSSR count). The van der Waals surface area contributed by atoms with Gasteiger partial charge in [0.05, 0.1) is 27.4 Å². The van der Waals surface area contributed by atoms with Crippen LogP contribution in [-0.4, -0.2) is 24.2 Å². The van der Waals surface area contributed by atoms with E-state index in [0.29, 0.717) is 5.92 Å². The van der Waals surface area contributed by atoms with Crippen molar-refractivity contribution in [3.05, 3.63) is 29.3 Å². The normalized spacial score (nSPS) is 18.6. The van der Waals surface area contributed by atoms with Crippen molar-refractivity contribution in [2.24, 2.45) is 11.8 Å². The molecule has 1 aliphatic rings. The molecule has 0 spiro atoms. The van der Waals surface area contributed by atoms with Gasteiger partial charge in [0.25, 0.3) is 0 Å². The fourth-order valence-corrected chi connectivity index (χ4v) is 3.60. The van der Waals surface area contributed by atoms with Crippen LogP contribution < -0.4 is 11.3 Å². The summed E-state index contributed by atoms with van der Waals surface area (Å²) in [6.45, 7) is 0. The van der Waals surface area contributed by atoms with Gasteiger partial charge in [-0.1, -0.05) is 12.1 Å². The minimum atomic E-state index is 0.137. The first-order valence-corrected chi connectivity index (χ1v) is 7.47. The molecule has 102 valence electrons. The summed E-state index contributed by atoms with van der Waals surface area (Å²) in [4.78, 5) is 4.66. The maximum absolute atomic E-state index is 5.70. The quantitative estimate of drug-likeness (QED) is 0.627. The molecule has 19 heavy (non-hydrogen) atoms. The predicted octanol–water partition coefficient (Wildman–Crippen LogP) is 2.10. The molecule has 1 heterocycles. The molecule has 2 aromatic rings. The molecule has 1 saturated carbocycles. The summed E-state index contributed by atoms with van der Waals surface area (Å²) in [5.74, 6) is 6.36. The Hall–Kier alpha value is -1.01. The monoisotopic (exact) mass is 277 g/mol. The number of ether oxygens (including phenoxy) is 1. The van der Waals surface area contributed by atoms with Gasteiger partial charge in [0.1, 0.15) is 0 Å². The lowest BCUT2D eigenvalue weighted by Crippen LogP contribution is -2.47. The number of nitrogens with zero attached hydrogens (tertiary/aromatic N) is 1. The first kappa shape index (κ1) is 13.0. The van der Waals surface area contributed by atoms with Crippen LogP contribution in [0.2, 0.25) is 0 Å². The first-order chi connectivity index (χ1) is 9.31. The molecule has 1 aromatic heterocycles. The first-order valence-electron chi connectivity index (χ1n) is 6.65. The maximum Gasteiger partial charge on any atom is 0.0955 e. The molecule has 3 N–H and O–H groups in total. The number of thiazole rings is 1. The summed E-state index contributed by atoms with van der Waals surface area (Å²) in [6, 6.07) is 8.36. The largest absolute Gasteiger partial charge is 0.379 e. The van der Waals surface area contributed by atoms with Gasteiger partial charge in [0.2, 0.25) is 0 Å². The number of methoxy groups -OCH3 is 1. The average Bonchev–Trinajstić information content (AvgIpc) is 3.17. The molecule has 4 nitrogen and oxygen atoms in total. The summed E-state index contributed by atoms with van der Waals surface area (Å²) >= 11 is 1.74. The third-order valence-electron chi connectivity index (χ3n) is 3.70. The number of nitrogens with one attached hydrogen (secondary N) is 1. The van der Waals surface area contributed by atoms with Gasteiger partial charge < -0.3 is 4.74 Å². The molecule has 2 atom stereocenters. The van der Waals surface area contributed by atoms with Crippen LogP contribution in [0.1, 0.15) is 17.8 Å². The average molecular weight is 277 g/mol. The Bertz CT molecular complexity index is 519. The minimum absolute atomic E-state index is 0.137. The zero-order valence-corrected chi connectivity index (χ0v) is 11.8. The van der Waals surface area contributed by atoms with Gasteiger partial charge in [-0.2, -0.15) is 0 Å². The van der Waals surface area contributed by atoms with Crippen molar-refractivity contribution in [1.29, 1.82) is 0 Å². The number of aromatic nitrogens is 1. The molecule has 1 aromatic carbocycles. The van der Waals surface area contributed by atoms with Crippen LogP contribution in [0.15, 0.2) is 24.3 Å². The second-order valence-electron chi connectivity index (χ2n) is 5.09. The van der Waals surface area contributed by atoms with Crippen molar-refractivity contribution in [3.63, 3.8) is 0 Å². The van der Waals surface area contributed by atoms with Crippen LogP contribution in [0, 0.1) is 5.92 Å². The van der Waals surface area contributed by atoms with Crippen LogP contribution in [0.4, 0.5) is 0 Å². The number of nitrogens with two attached hydrogens (primary N) is 1. The summed E-state index contributed by atoms with van der Waals surface area (Å²) < 4.78 is 6.84. The maximum atomic E-state index is 5.70. The lowest BCUT2D eigenvalue weighted by Gasteiger charge is -2.24. The fraction of sp³-hybridized carbons (Fsp3) is 0.500. The second kappa shape index (κ2) is 5.54. The van der Waals surface area contributed by atoms with Crippen molar-refractivity contribution < 1.29 is 4.74 Å². The van der Waals surface area contributed by atoms with Crippen molar-refractivity contribution in [2.45, 2.75) is 31.4 Å². The van der Waals surface area contributed by atoms with Gasteiger partial charge in [0, 0.05) is 13.5 Å². The highest BCUT2D eigenvalue weighted by Crippen LogP contribution is 2.36. The van der Waals surface area contributed by atoms with Crippen molar-refractivity contribution in [1.82, 2.24) is 10.4 Å². The molecule has 0 aliphatic heterocycles. The van der Waals surface area contributed by atoms with Crippen LogP contribution in [0.3, 0.4) is 0 Å². The van der Waals surface area contributed by atoms with Gasteiger partial charge in [0.15, 0.2) is 0 Å². The van der Waals surface area contributed by atoms with E-state index in [9.17, 15) is 0 Å². The Morgan fingerprint density at radius 3 is 2.89 bits per heavy atom. The van der Waals surface area contributed by atoms with Gasteiger partial charge in [-0.15, -0.1) is 11.3 Å².